The van der Waals surface area contributed by atoms with Gasteiger partial charge in [0.25, 0.3) is 5.24 Å². The Hall–Kier alpha value is -3.48. The molecule has 0 radical (unpaired) electrons. The highest BCUT2D eigenvalue weighted by Gasteiger charge is 2.32. The molecular formula is C17H17FN6O5S. The van der Waals surface area contributed by atoms with Crippen LogP contribution in [-0.4, -0.2) is 52.5 Å². The highest BCUT2D eigenvalue weighted by molar-refractivity contribution is 7.96. The normalized spacial score (nSPS) is 15.6. The number of anilines is 2. The minimum atomic E-state index is -0.654. The minimum absolute atomic E-state index is 0.101. The van der Waals surface area contributed by atoms with Crippen LogP contribution in [0.1, 0.15) is 5.69 Å². The molecule has 1 aromatic heterocycles. The number of nitrogens with zero attached hydrogens (tertiary/aromatic N) is 5. The molecule has 0 saturated carbocycles. The van der Waals surface area contributed by atoms with Gasteiger partial charge < -0.3 is 25.1 Å². The summed E-state index contributed by atoms with van der Waals surface area (Å²) in [6.45, 7) is 0.419. The molecule has 1 aromatic carbocycles. The Morgan fingerprint density at radius 3 is 2.83 bits per heavy atom. The lowest BCUT2D eigenvalue weighted by molar-refractivity contribution is -0.389. The maximum Gasteiger partial charge on any atom is 0.414 e. The second-order valence-electron chi connectivity index (χ2n) is 6.42. The zero-order valence-corrected chi connectivity index (χ0v) is 16.6. The van der Waals surface area contributed by atoms with Crippen LogP contribution in [0, 0.1) is 15.9 Å². The predicted molar refractivity (Wildman–Crippen MR) is 107 cm³/mol. The number of nitrogens with one attached hydrogen (secondary N) is 1. The second-order valence-corrected chi connectivity index (χ2v) is 6.82. The summed E-state index contributed by atoms with van der Waals surface area (Å²) in [5.74, 6) is -0.952. The molecule has 1 atom stereocenters. The molecule has 0 unspecified atom stereocenters. The van der Waals surface area contributed by atoms with E-state index in [1.165, 1.54) is 23.2 Å². The van der Waals surface area contributed by atoms with Gasteiger partial charge in [-0.3, -0.25) is 9.69 Å². The largest absolute Gasteiger partial charge is 0.442 e. The standard InChI is InChI=1S/C17H17FN6O5S/c1-22(8-10-5-20-15(7-19-10)24(27)28)14-3-2-11(4-13(14)18)23-9-12(29-17(23)26)6-21-16(25)30/h2-5,7,12H,6,8-9H2,1H3,(H2,21,25,30)/t12-/m0/s1. The summed E-state index contributed by atoms with van der Waals surface area (Å²) < 4.78 is 19.8. The van der Waals surface area contributed by atoms with Crippen LogP contribution >= 0.6 is 12.6 Å². The highest BCUT2D eigenvalue weighted by atomic mass is 32.1. The van der Waals surface area contributed by atoms with Gasteiger partial charge in [0, 0.05) is 7.05 Å². The first-order valence-corrected chi connectivity index (χ1v) is 9.10. The lowest BCUT2D eigenvalue weighted by Crippen LogP contribution is -2.32. The molecule has 1 aliphatic heterocycles. The number of ether oxygens (including phenoxy) is 1. The maximum atomic E-state index is 14.7. The van der Waals surface area contributed by atoms with Crippen molar-refractivity contribution in [3.05, 3.63) is 52.2 Å². The van der Waals surface area contributed by atoms with Crippen LogP contribution < -0.4 is 15.1 Å². The minimum Gasteiger partial charge on any atom is -0.442 e. The molecule has 2 heterocycles. The third kappa shape index (κ3) is 4.92. The Morgan fingerprint density at radius 1 is 1.47 bits per heavy atom. The Labute approximate surface area is 175 Å². The van der Waals surface area contributed by atoms with E-state index < -0.39 is 28.2 Å². The predicted octanol–water partition coefficient (Wildman–Crippen LogP) is 2.12. The SMILES string of the molecule is CN(Cc1cnc([N+](=O)[O-])cn1)c1ccc(N2C[C@H](CNC(=O)S)OC2=O)cc1F. The van der Waals surface area contributed by atoms with Crippen molar-refractivity contribution >= 4 is 41.2 Å². The van der Waals surface area contributed by atoms with Crippen LogP contribution in [0.4, 0.5) is 31.2 Å². The van der Waals surface area contributed by atoms with Gasteiger partial charge in [0.05, 0.1) is 31.0 Å². The fourth-order valence-electron chi connectivity index (χ4n) is 2.87. The highest BCUT2D eigenvalue weighted by Crippen LogP contribution is 2.28. The summed E-state index contributed by atoms with van der Waals surface area (Å²) in [6.07, 6.45) is 1.08. The first-order valence-electron chi connectivity index (χ1n) is 8.65. The molecule has 0 bridgehead atoms. The van der Waals surface area contributed by atoms with Gasteiger partial charge in [-0.05, 0) is 28.1 Å². The van der Waals surface area contributed by atoms with Crippen LogP contribution in [0.15, 0.2) is 30.6 Å². The number of cyclic esters (lactones) is 1. The van der Waals surface area contributed by atoms with E-state index in [0.29, 0.717) is 11.4 Å². The van der Waals surface area contributed by atoms with Gasteiger partial charge in [-0.2, -0.15) is 0 Å². The van der Waals surface area contributed by atoms with E-state index in [9.17, 15) is 24.1 Å². The van der Waals surface area contributed by atoms with Crippen LogP contribution in [0.5, 0.6) is 0 Å². The van der Waals surface area contributed by atoms with Crippen molar-refractivity contribution in [3.63, 3.8) is 0 Å². The monoisotopic (exact) mass is 436 g/mol. The van der Waals surface area contributed by atoms with E-state index in [2.05, 4.69) is 27.9 Å². The summed E-state index contributed by atoms with van der Waals surface area (Å²) in [6, 6.07) is 4.27. The third-order valence-corrected chi connectivity index (χ3v) is 4.45. The average Bonchev–Trinajstić information content (AvgIpc) is 3.07. The molecule has 0 spiro atoms. The van der Waals surface area contributed by atoms with E-state index in [1.54, 1.807) is 18.0 Å². The van der Waals surface area contributed by atoms with Gasteiger partial charge in [0.15, 0.2) is 6.20 Å². The molecule has 13 heteroatoms. The molecule has 30 heavy (non-hydrogen) atoms. The molecule has 1 saturated heterocycles. The van der Waals surface area contributed by atoms with Crippen LogP contribution in [-0.2, 0) is 11.3 Å². The fourth-order valence-corrected chi connectivity index (χ4v) is 2.96. The fraction of sp³-hybridized carbons (Fsp3) is 0.294. The number of benzene rings is 1. The van der Waals surface area contributed by atoms with E-state index in [-0.39, 0.29) is 31.1 Å². The van der Waals surface area contributed by atoms with Gasteiger partial charge in [0.1, 0.15) is 23.8 Å². The molecule has 2 aromatic rings. The van der Waals surface area contributed by atoms with E-state index in [0.717, 1.165) is 6.20 Å². The number of carbonyl (C=O) groups excluding carboxylic acids is 2. The van der Waals surface area contributed by atoms with Crippen LogP contribution in [0.2, 0.25) is 0 Å². The molecule has 11 nitrogen and oxygen atoms in total. The lowest BCUT2D eigenvalue weighted by atomic mass is 10.2. The second kappa shape index (κ2) is 8.90. The summed E-state index contributed by atoms with van der Waals surface area (Å²) in [4.78, 5) is 43.4. The van der Waals surface area contributed by atoms with Crippen molar-refractivity contribution in [1.82, 2.24) is 15.3 Å². The van der Waals surface area contributed by atoms with Gasteiger partial charge in [0.2, 0.25) is 0 Å². The van der Waals surface area contributed by atoms with Crippen molar-refractivity contribution in [1.29, 1.82) is 0 Å². The summed E-state index contributed by atoms with van der Waals surface area (Å²) in [5, 5.41) is 12.5. The van der Waals surface area contributed by atoms with Crippen molar-refractivity contribution in [2.75, 3.05) is 29.9 Å². The van der Waals surface area contributed by atoms with E-state index in [1.807, 2.05) is 0 Å². The van der Waals surface area contributed by atoms with E-state index in [4.69, 9.17) is 4.74 Å². The molecule has 1 aliphatic rings. The molecule has 0 aliphatic carbocycles. The number of aromatic nitrogens is 2. The maximum absolute atomic E-state index is 14.7. The van der Waals surface area contributed by atoms with Gasteiger partial charge in [-0.1, -0.05) is 12.6 Å². The number of hydrogen-bond donors (Lipinski definition) is 2. The van der Waals surface area contributed by atoms with Gasteiger partial charge >= 0.3 is 11.9 Å². The molecule has 1 fully saturated rings. The van der Waals surface area contributed by atoms with Crippen LogP contribution in [0.3, 0.4) is 0 Å². The summed E-state index contributed by atoms with van der Waals surface area (Å²) >= 11 is 3.58. The summed E-state index contributed by atoms with van der Waals surface area (Å²) in [5.41, 5.74) is 0.971. The first-order chi connectivity index (χ1) is 14.2. The van der Waals surface area contributed by atoms with E-state index >= 15 is 0 Å². The molecule has 3 rings (SSSR count). The zero-order valence-electron chi connectivity index (χ0n) is 15.7. The van der Waals surface area contributed by atoms with Crippen LogP contribution in [0.25, 0.3) is 0 Å². The number of rotatable bonds is 7. The Balaban J connectivity index is 1.68. The van der Waals surface area contributed by atoms with Gasteiger partial charge in [-0.15, -0.1) is 0 Å². The third-order valence-electron chi connectivity index (χ3n) is 4.29. The quantitative estimate of drug-likeness (QED) is 0.383. The number of hydrogen-bond acceptors (Lipinski definition) is 8. The molecular weight excluding hydrogens is 419 g/mol. The first kappa shape index (κ1) is 21.2. The molecule has 2 amide bonds. The van der Waals surface area contributed by atoms with Crippen molar-refractivity contribution in [2.45, 2.75) is 12.6 Å². The molecule has 1 N–H and O–H groups in total. The van der Waals surface area contributed by atoms with Gasteiger partial charge in [-0.25, -0.2) is 14.2 Å². The lowest BCUT2D eigenvalue weighted by Gasteiger charge is -2.21. The smallest absolute Gasteiger partial charge is 0.414 e. The number of carbonyl (C=O) groups is 2. The zero-order chi connectivity index (χ0) is 21.8. The van der Waals surface area contributed by atoms with Crippen molar-refractivity contribution in [2.24, 2.45) is 0 Å². The number of nitro groups is 1. The average molecular weight is 436 g/mol. The number of thiol groups is 1. The molecule has 158 valence electrons. The number of halogens is 1. The Morgan fingerprint density at radius 2 is 2.23 bits per heavy atom. The summed E-state index contributed by atoms with van der Waals surface area (Å²) in [7, 11) is 1.63. The van der Waals surface area contributed by atoms with Crippen molar-refractivity contribution < 1.29 is 23.6 Å². The number of amides is 2. The Bertz CT molecular complexity index is 976. The van der Waals surface area contributed by atoms with Crippen molar-refractivity contribution in [3.8, 4) is 0 Å². The Kier molecular flexibility index (Phi) is 6.30. The topological polar surface area (TPSA) is 131 Å².